The number of aromatic nitrogens is 2. The first-order valence-electron chi connectivity index (χ1n) is 5.05. The number of hydrogen-bond donors (Lipinski definition) is 0. The Labute approximate surface area is 103 Å². The van der Waals surface area contributed by atoms with Gasteiger partial charge >= 0.3 is 0 Å². The van der Waals surface area contributed by atoms with Crippen molar-refractivity contribution in [1.29, 1.82) is 0 Å². The Morgan fingerprint density at radius 3 is 2.94 bits per heavy atom. The van der Waals surface area contributed by atoms with Crippen molar-refractivity contribution in [2.24, 2.45) is 0 Å². The molecule has 1 aliphatic rings. The topological polar surface area (TPSA) is 55.2 Å². The average Bonchev–Trinajstić information content (AvgIpc) is 2.72. The summed E-state index contributed by atoms with van der Waals surface area (Å²) in [5.41, 5.74) is 0. The Morgan fingerprint density at radius 1 is 1.69 bits per heavy atom. The molecule has 16 heavy (non-hydrogen) atoms. The number of rotatable bonds is 3. The zero-order valence-corrected chi connectivity index (χ0v) is 11.4. The SMILES string of the molecule is CN(Cn1cc(Br)cn1)[C@H]1CCS(=O)(=O)C1. The van der Waals surface area contributed by atoms with Crippen LogP contribution in [-0.4, -0.2) is 47.7 Å². The Bertz CT molecular complexity index is 471. The molecular formula is C9H14BrN3O2S. The molecule has 0 amide bonds. The van der Waals surface area contributed by atoms with Crippen LogP contribution in [0.2, 0.25) is 0 Å². The fraction of sp³-hybridized carbons (Fsp3) is 0.667. The Balaban J connectivity index is 1.96. The van der Waals surface area contributed by atoms with Crippen LogP contribution in [0.3, 0.4) is 0 Å². The monoisotopic (exact) mass is 307 g/mol. The molecular weight excluding hydrogens is 294 g/mol. The first-order valence-corrected chi connectivity index (χ1v) is 7.66. The van der Waals surface area contributed by atoms with Gasteiger partial charge in [0.15, 0.2) is 9.84 Å². The van der Waals surface area contributed by atoms with Crippen LogP contribution in [0.15, 0.2) is 16.9 Å². The molecule has 0 saturated carbocycles. The molecule has 90 valence electrons. The Hall–Kier alpha value is -0.400. The van der Waals surface area contributed by atoms with E-state index in [0.29, 0.717) is 12.4 Å². The van der Waals surface area contributed by atoms with E-state index in [0.717, 1.165) is 10.9 Å². The zero-order chi connectivity index (χ0) is 11.8. The first kappa shape index (κ1) is 12.1. The lowest BCUT2D eigenvalue weighted by Crippen LogP contribution is -2.34. The summed E-state index contributed by atoms with van der Waals surface area (Å²) in [7, 11) is -0.877. The summed E-state index contributed by atoms with van der Waals surface area (Å²) in [6.07, 6.45) is 4.32. The van der Waals surface area contributed by atoms with Crippen LogP contribution < -0.4 is 0 Å². The number of sulfone groups is 1. The molecule has 7 heteroatoms. The maximum atomic E-state index is 11.3. The summed E-state index contributed by atoms with van der Waals surface area (Å²) in [6, 6.07) is 0.118. The lowest BCUT2D eigenvalue weighted by atomic mass is 10.2. The molecule has 1 fully saturated rings. The van der Waals surface area contributed by atoms with Crippen molar-refractivity contribution in [3.8, 4) is 0 Å². The van der Waals surface area contributed by atoms with Crippen molar-refractivity contribution in [1.82, 2.24) is 14.7 Å². The van der Waals surface area contributed by atoms with Gasteiger partial charge < -0.3 is 0 Å². The second kappa shape index (κ2) is 4.46. The van der Waals surface area contributed by atoms with Crippen molar-refractivity contribution in [2.45, 2.75) is 19.1 Å². The summed E-state index contributed by atoms with van der Waals surface area (Å²) in [5, 5.41) is 4.14. The van der Waals surface area contributed by atoms with E-state index in [2.05, 4.69) is 21.0 Å². The average molecular weight is 308 g/mol. The maximum absolute atomic E-state index is 11.3. The number of halogens is 1. The van der Waals surface area contributed by atoms with Gasteiger partial charge in [-0.15, -0.1) is 0 Å². The molecule has 0 spiro atoms. The van der Waals surface area contributed by atoms with Gasteiger partial charge in [-0.25, -0.2) is 8.42 Å². The van der Waals surface area contributed by atoms with E-state index < -0.39 is 9.84 Å². The van der Waals surface area contributed by atoms with Crippen LogP contribution in [0.1, 0.15) is 6.42 Å². The summed E-state index contributed by atoms with van der Waals surface area (Å²) in [4.78, 5) is 2.03. The molecule has 5 nitrogen and oxygen atoms in total. The van der Waals surface area contributed by atoms with E-state index in [1.165, 1.54) is 0 Å². The van der Waals surface area contributed by atoms with E-state index in [9.17, 15) is 8.42 Å². The van der Waals surface area contributed by atoms with Crippen molar-refractivity contribution in [2.75, 3.05) is 18.6 Å². The molecule has 0 bridgehead atoms. The van der Waals surface area contributed by atoms with E-state index in [4.69, 9.17) is 0 Å². The highest BCUT2D eigenvalue weighted by molar-refractivity contribution is 9.10. The first-order chi connectivity index (χ1) is 7.46. The lowest BCUT2D eigenvalue weighted by Gasteiger charge is -2.22. The number of hydrogen-bond acceptors (Lipinski definition) is 4. The normalized spacial score (nSPS) is 24.1. The van der Waals surface area contributed by atoms with Gasteiger partial charge in [-0.05, 0) is 29.4 Å². The summed E-state index contributed by atoms with van der Waals surface area (Å²) < 4.78 is 25.4. The molecule has 2 heterocycles. The van der Waals surface area contributed by atoms with Crippen molar-refractivity contribution >= 4 is 25.8 Å². The molecule has 1 saturated heterocycles. The highest BCUT2D eigenvalue weighted by Crippen LogP contribution is 2.17. The van der Waals surface area contributed by atoms with Crippen LogP contribution in [-0.2, 0) is 16.5 Å². The van der Waals surface area contributed by atoms with Gasteiger partial charge in [0.25, 0.3) is 0 Å². The predicted molar refractivity (Wildman–Crippen MR) is 64.7 cm³/mol. The minimum atomic E-state index is -2.81. The van der Waals surface area contributed by atoms with Gasteiger partial charge in [0.1, 0.15) is 0 Å². The molecule has 0 aliphatic carbocycles. The summed E-state index contributed by atoms with van der Waals surface area (Å²) in [6.45, 7) is 0.617. The van der Waals surface area contributed by atoms with E-state index in [1.807, 2.05) is 18.1 Å². The van der Waals surface area contributed by atoms with Gasteiger partial charge in [-0.2, -0.15) is 5.10 Å². The number of nitrogens with zero attached hydrogens (tertiary/aromatic N) is 3. The molecule has 0 aromatic carbocycles. The van der Waals surface area contributed by atoms with Gasteiger partial charge in [0, 0.05) is 12.2 Å². The molecule has 1 atom stereocenters. The van der Waals surface area contributed by atoms with Crippen LogP contribution >= 0.6 is 15.9 Å². The van der Waals surface area contributed by atoms with Gasteiger partial charge in [0.05, 0.1) is 28.8 Å². The van der Waals surface area contributed by atoms with Crippen molar-refractivity contribution < 1.29 is 8.42 Å². The van der Waals surface area contributed by atoms with E-state index >= 15 is 0 Å². The third-order valence-corrected chi connectivity index (χ3v) is 4.96. The lowest BCUT2D eigenvalue weighted by molar-refractivity contribution is 0.198. The molecule has 2 rings (SSSR count). The minimum absolute atomic E-state index is 0.118. The second-order valence-corrected chi connectivity index (χ2v) is 7.30. The Morgan fingerprint density at radius 2 is 2.44 bits per heavy atom. The van der Waals surface area contributed by atoms with Crippen LogP contribution in [0.4, 0.5) is 0 Å². The third-order valence-electron chi connectivity index (χ3n) is 2.80. The van der Waals surface area contributed by atoms with Gasteiger partial charge in [0.2, 0.25) is 0 Å². The molecule has 0 N–H and O–H groups in total. The van der Waals surface area contributed by atoms with Crippen molar-refractivity contribution in [3.05, 3.63) is 16.9 Å². The standard InChI is InChI=1S/C9H14BrN3O2S/c1-12(7-13-5-8(10)4-11-13)9-2-3-16(14,15)6-9/h4-5,9H,2-3,6-7H2,1H3/t9-/m0/s1. The quantitative estimate of drug-likeness (QED) is 0.826. The zero-order valence-electron chi connectivity index (χ0n) is 9.00. The van der Waals surface area contributed by atoms with Gasteiger partial charge in [-0.3, -0.25) is 9.58 Å². The summed E-state index contributed by atoms with van der Waals surface area (Å²) in [5.74, 6) is 0.580. The van der Waals surface area contributed by atoms with Crippen LogP contribution in [0, 0.1) is 0 Å². The molecule has 1 aromatic heterocycles. The third kappa shape index (κ3) is 2.83. The smallest absolute Gasteiger partial charge is 0.151 e. The highest BCUT2D eigenvalue weighted by atomic mass is 79.9. The van der Waals surface area contributed by atoms with E-state index in [-0.39, 0.29) is 11.8 Å². The fourth-order valence-corrected chi connectivity index (χ4v) is 4.02. The minimum Gasteiger partial charge on any atom is -0.283 e. The van der Waals surface area contributed by atoms with E-state index in [1.54, 1.807) is 10.9 Å². The molecule has 0 unspecified atom stereocenters. The highest BCUT2D eigenvalue weighted by Gasteiger charge is 2.30. The maximum Gasteiger partial charge on any atom is 0.151 e. The largest absolute Gasteiger partial charge is 0.283 e. The van der Waals surface area contributed by atoms with Gasteiger partial charge in [-0.1, -0.05) is 0 Å². The van der Waals surface area contributed by atoms with Crippen molar-refractivity contribution in [3.63, 3.8) is 0 Å². The summed E-state index contributed by atoms with van der Waals surface area (Å²) >= 11 is 3.33. The molecule has 1 aliphatic heterocycles. The predicted octanol–water partition coefficient (Wildman–Crippen LogP) is 0.722. The molecule has 0 radical (unpaired) electrons. The van der Waals surface area contributed by atoms with Crippen LogP contribution in [0.5, 0.6) is 0 Å². The fourth-order valence-electron chi connectivity index (χ4n) is 1.88. The second-order valence-electron chi connectivity index (χ2n) is 4.15. The molecule has 1 aromatic rings. The Kier molecular flexibility index (Phi) is 3.37. The van der Waals surface area contributed by atoms with Crippen LogP contribution in [0.25, 0.3) is 0 Å².